The van der Waals surface area contributed by atoms with E-state index in [-0.39, 0.29) is 0 Å². The maximum atomic E-state index is 12.5. The summed E-state index contributed by atoms with van der Waals surface area (Å²) in [5, 5.41) is 0. The number of rotatable bonds is 2. The van der Waals surface area contributed by atoms with E-state index in [1.165, 1.54) is 11.1 Å². The maximum Gasteiger partial charge on any atom is 0.584 e. The molecule has 0 saturated carbocycles. The average molecular weight is 346 g/mol. The zero-order chi connectivity index (χ0) is 17.5. The lowest BCUT2D eigenvalue weighted by atomic mass is 9.94. The van der Waals surface area contributed by atoms with Gasteiger partial charge in [0.25, 0.3) is 0 Å². The summed E-state index contributed by atoms with van der Waals surface area (Å²) in [4.78, 5) is 10.2. The van der Waals surface area contributed by atoms with Crippen molar-refractivity contribution < 1.29 is 18.5 Å². The van der Waals surface area contributed by atoms with Crippen LogP contribution in [0.4, 0.5) is 0 Å². The Bertz CT molecular complexity index is 776. The van der Waals surface area contributed by atoms with E-state index < -0.39 is 7.82 Å². The van der Waals surface area contributed by atoms with Crippen molar-refractivity contribution in [1.82, 2.24) is 0 Å². The molecule has 0 bridgehead atoms. The molecular weight excluding hydrogens is 323 g/mol. The van der Waals surface area contributed by atoms with Crippen molar-refractivity contribution in [2.45, 2.75) is 47.0 Å². The summed E-state index contributed by atoms with van der Waals surface area (Å²) >= 11 is 0. The molecular formula is C19H23O4P. The molecule has 3 rings (SSSR count). The van der Waals surface area contributed by atoms with Crippen molar-refractivity contribution >= 4 is 7.82 Å². The molecule has 2 aromatic rings. The monoisotopic (exact) mass is 346 g/mol. The first-order chi connectivity index (χ1) is 11.3. The average Bonchev–Trinajstić information content (AvgIpc) is 2.51. The first kappa shape index (κ1) is 17.1. The Balaban J connectivity index is 2.24. The summed E-state index contributed by atoms with van der Waals surface area (Å²) in [6, 6.07) is 8.11. The fraction of sp³-hybridized carbons (Fsp3) is 0.368. The van der Waals surface area contributed by atoms with E-state index >= 15 is 0 Å². The van der Waals surface area contributed by atoms with Gasteiger partial charge in [-0.2, -0.15) is 0 Å². The molecule has 0 aromatic heterocycles. The zero-order valence-corrected chi connectivity index (χ0v) is 15.4. The molecule has 0 saturated heterocycles. The van der Waals surface area contributed by atoms with Gasteiger partial charge >= 0.3 is 7.82 Å². The van der Waals surface area contributed by atoms with Gasteiger partial charge in [0.2, 0.25) is 0 Å². The van der Waals surface area contributed by atoms with Crippen LogP contribution in [0.1, 0.15) is 47.2 Å². The van der Waals surface area contributed by atoms with Gasteiger partial charge in [0.1, 0.15) is 11.5 Å². The molecule has 128 valence electrons. The van der Waals surface area contributed by atoms with Crippen LogP contribution in [0, 0.1) is 13.8 Å². The molecule has 1 N–H and O–H groups in total. The summed E-state index contributed by atoms with van der Waals surface area (Å²) in [6.45, 7) is 7.99. The van der Waals surface area contributed by atoms with Gasteiger partial charge in [0, 0.05) is 6.42 Å². The fourth-order valence-electron chi connectivity index (χ4n) is 3.24. The van der Waals surface area contributed by atoms with Crippen LogP contribution in [0.15, 0.2) is 24.3 Å². The Morgan fingerprint density at radius 3 is 1.71 bits per heavy atom. The van der Waals surface area contributed by atoms with E-state index in [1.807, 2.05) is 26.0 Å². The standard InChI is InChI=1S/C19H23O4P/c1-5-14-7-12(3)18-16(9-14)11-17-10-15(6-2)8-13(4)19(17)23-24(20,21)22-18/h7-10H,5-6,11H2,1-4H3,(H,20,21). The lowest BCUT2D eigenvalue weighted by Crippen LogP contribution is -2.10. The van der Waals surface area contributed by atoms with Crippen molar-refractivity contribution in [2.75, 3.05) is 0 Å². The van der Waals surface area contributed by atoms with Crippen LogP contribution in [-0.2, 0) is 23.8 Å². The predicted molar refractivity (Wildman–Crippen MR) is 95.0 cm³/mol. The topological polar surface area (TPSA) is 55.8 Å². The van der Waals surface area contributed by atoms with Crippen LogP contribution >= 0.6 is 7.82 Å². The third-order valence-corrected chi connectivity index (χ3v) is 5.26. The Morgan fingerprint density at radius 1 is 0.917 bits per heavy atom. The summed E-state index contributed by atoms with van der Waals surface area (Å²) in [5.74, 6) is 0.923. The van der Waals surface area contributed by atoms with Gasteiger partial charge in [-0.15, -0.1) is 0 Å². The van der Waals surface area contributed by atoms with Crippen LogP contribution in [0.3, 0.4) is 0 Å². The number of hydrogen-bond acceptors (Lipinski definition) is 3. The van der Waals surface area contributed by atoms with Crippen LogP contribution in [0.5, 0.6) is 11.5 Å². The smallest absolute Gasteiger partial charge is 0.395 e. The number of phosphoric ester groups is 1. The molecule has 0 unspecified atom stereocenters. The maximum absolute atomic E-state index is 12.5. The number of fused-ring (bicyclic) bond motifs is 2. The van der Waals surface area contributed by atoms with Crippen molar-refractivity contribution in [1.29, 1.82) is 0 Å². The molecule has 1 aliphatic rings. The van der Waals surface area contributed by atoms with Gasteiger partial charge < -0.3 is 9.05 Å². The van der Waals surface area contributed by atoms with Gasteiger partial charge in [-0.1, -0.05) is 38.1 Å². The highest BCUT2D eigenvalue weighted by atomic mass is 31.2. The van der Waals surface area contributed by atoms with E-state index in [0.29, 0.717) is 17.9 Å². The predicted octanol–water partition coefficient (Wildman–Crippen LogP) is 4.89. The molecule has 24 heavy (non-hydrogen) atoms. The van der Waals surface area contributed by atoms with Gasteiger partial charge in [-0.25, -0.2) is 4.57 Å². The Morgan fingerprint density at radius 2 is 1.33 bits per heavy atom. The third kappa shape index (κ3) is 3.22. The summed E-state index contributed by atoms with van der Waals surface area (Å²) in [7, 11) is -4.22. The molecule has 0 aliphatic carbocycles. The number of hydrogen-bond donors (Lipinski definition) is 1. The Hall–Kier alpha value is -1.77. The SMILES string of the molecule is CCc1cc(C)c2c(c1)Cc1cc(CC)cc(C)c1OP(=O)(O)O2. The van der Waals surface area contributed by atoms with Gasteiger partial charge in [0.15, 0.2) is 0 Å². The summed E-state index contributed by atoms with van der Waals surface area (Å²) in [6.07, 6.45) is 2.43. The number of aryl methyl sites for hydroxylation is 4. The lowest BCUT2D eigenvalue weighted by molar-refractivity contribution is 0.285. The Labute approximate surface area is 143 Å². The van der Waals surface area contributed by atoms with E-state index in [0.717, 1.165) is 35.1 Å². The van der Waals surface area contributed by atoms with E-state index in [1.54, 1.807) is 0 Å². The summed E-state index contributed by atoms with van der Waals surface area (Å²) in [5.41, 5.74) is 5.95. The number of phosphoric acid groups is 1. The second kappa shape index (κ2) is 6.27. The molecule has 4 nitrogen and oxygen atoms in total. The molecule has 1 aliphatic heterocycles. The lowest BCUT2D eigenvalue weighted by Gasteiger charge is -2.25. The van der Waals surface area contributed by atoms with E-state index in [4.69, 9.17) is 9.05 Å². The molecule has 5 heteroatoms. The van der Waals surface area contributed by atoms with Crippen LogP contribution in [0.25, 0.3) is 0 Å². The molecule has 2 aromatic carbocycles. The van der Waals surface area contributed by atoms with Gasteiger partial charge in [-0.05, 0) is 60.1 Å². The van der Waals surface area contributed by atoms with Gasteiger partial charge in [0.05, 0.1) is 0 Å². The van der Waals surface area contributed by atoms with Crippen molar-refractivity contribution in [3.63, 3.8) is 0 Å². The first-order valence-electron chi connectivity index (χ1n) is 8.29. The third-order valence-electron chi connectivity index (χ3n) is 4.43. The second-order valence-corrected chi connectivity index (χ2v) is 7.64. The van der Waals surface area contributed by atoms with Gasteiger partial charge in [-0.3, -0.25) is 4.89 Å². The highest BCUT2D eigenvalue weighted by Gasteiger charge is 2.32. The molecule has 0 atom stereocenters. The minimum Gasteiger partial charge on any atom is -0.395 e. The van der Waals surface area contributed by atoms with E-state index in [9.17, 15) is 9.46 Å². The van der Waals surface area contributed by atoms with Crippen molar-refractivity contribution in [2.24, 2.45) is 0 Å². The largest absolute Gasteiger partial charge is 0.584 e. The molecule has 0 amide bonds. The van der Waals surface area contributed by atoms with Crippen molar-refractivity contribution in [3.8, 4) is 11.5 Å². The highest BCUT2D eigenvalue weighted by Crippen LogP contribution is 2.51. The number of benzene rings is 2. The van der Waals surface area contributed by atoms with Crippen LogP contribution in [0.2, 0.25) is 0 Å². The first-order valence-corrected chi connectivity index (χ1v) is 9.79. The Kier molecular flexibility index (Phi) is 4.46. The zero-order valence-electron chi connectivity index (χ0n) is 14.5. The highest BCUT2D eigenvalue weighted by molar-refractivity contribution is 7.48. The minimum atomic E-state index is -4.22. The normalized spacial score (nSPS) is 15.4. The minimum absolute atomic E-state index is 0.461. The molecule has 0 spiro atoms. The quantitative estimate of drug-likeness (QED) is 0.787. The fourth-order valence-corrected chi connectivity index (χ4v) is 4.26. The second-order valence-electron chi connectivity index (χ2n) is 6.34. The van der Waals surface area contributed by atoms with Crippen LogP contribution in [-0.4, -0.2) is 4.89 Å². The van der Waals surface area contributed by atoms with Crippen molar-refractivity contribution in [3.05, 3.63) is 57.6 Å². The summed E-state index contributed by atoms with van der Waals surface area (Å²) < 4.78 is 23.3. The molecule has 1 heterocycles. The van der Waals surface area contributed by atoms with Crippen LogP contribution < -0.4 is 9.05 Å². The molecule has 0 fully saturated rings. The molecule has 0 radical (unpaired) electrons. The van der Waals surface area contributed by atoms with E-state index in [2.05, 4.69) is 26.0 Å².